The zero-order chi connectivity index (χ0) is 38.9. The first-order valence-corrected chi connectivity index (χ1v) is 19.8. The van der Waals surface area contributed by atoms with Gasteiger partial charge in [0.05, 0.1) is 5.52 Å². The van der Waals surface area contributed by atoms with E-state index >= 15 is 0 Å². The van der Waals surface area contributed by atoms with E-state index < -0.39 is 0 Å². The van der Waals surface area contributed by atoms with Gasteiger partial charge in [0.1, 0.15) is 16.9 Å². The van der Waals surface area contributed by atoms with Crippen molar-refractivity contribution in [3.05, 3.63) is 200 Å². The van der Waals surface area contributed by atoms with Gasteiger partial charge in [-0.1, -0.05) is 164 Å². The lowest BCUT2D eigenvalue weighted by molar-refractivity contribution is 0.668. The Morgan fingerprint density at radius 1 is 0.424 bits per heavy atom. The molecular weight excluding hydrogens is 723 g/mol. The fourth-order valence-corrected chi connectivity index (χ4v) is 8.59. The highest BCUT2D eigenvalue weighted by atomic mass is 16.3. The fourth-order valence-electron chi connectivity index (χ4n) is 8.59. The minimum atomic E-state index is 0.679. The van der Waals surface area contributed by atoms with Gasteiger partial charge in [0.25, 0.3) is 0 Å². The normalized spacial score (nSPS) is 11.7. The van der Waals surface area contributed by atoms with E-state index in [2.05, 4.69) is 175 Å². The summed E-state index contributed by atoms with van der Waals surface area (Å²) in [6.07, 6.45) is 2.07. The molecule has 0 atom stereocenters. The van der Waals surface area contributed by atoms with Gasteiger partial charge in [-0.05, 0) is 52.6 Å². The Morgan fingerprint density at radius 2 is 1.00 bits per heavy atom. The van der Waals surface area contributed by atoms with Crippen molar-refractivity contribution >= 4 is 49.5 Å². The first-order valence-electron chi connectivity index (χ1n) is 19.8. The van der Waals surface area contributed by atoms with Crippen LogP contribution in [0.2, 0.25) is 0 Å². The van der Waals surface area contributed by atoms with Crippen molar-refractivity contribution in [2.75, 3.05) is 0 Å². The Kier molecular flexibility index (Phi) is 7.43. The Balaban J connectivity index is 0.942. The molecule has 0 spiro atoms. The van der Waals surface area contributed by atoms with Crippen molar-refractivity contribution in [1.82, 2.24) is 24.1 Å². The molecule has 0 amide bonds. The topological polar surface area (TPSA) is 61.2 Å². The van der Waals surface area contributed by atoms with Crippen molar-refractivity contribution < 1.29 is 4.42 Å². The molecule has 0 radical (unpaired) electrons. The highest BCUT2D eigenvalue weighted by Crippen LogP contribution is 2.44. The summed E-state index contributed by atoms with van der Waals surface area (Å²) in [4.78, 5) is 10.5. The molecule has 0 fully saturated rings. The van der Waals surface area contributed by atoms with Crippen molar-refractivity contribution in [1.29, 1.82) is 0 Å². The van der Waals surface area contributed by atoms with Crippen LogP contribution in [0.4, 0.5) is 0 Å². The van der Waals surface area contributed by atoms with E-state index in [1.165, 1.54) is 0 Å². The number of hydrogen-bond donors (Lipinski definition) is 0. The molecule has 59 heavy (non-hydrogen) atoms. The van der Waals surface area contributed by atoms with Crippen LogP contribution in [0.1, 0.15) is 0 Å². The number of para-hydroxylation sites is 3. The Morgan fingerprint density at radius 3 is 1.73 bits per heavy atom. The van der Waals surface area contributed by atoms with Crippen LogP contribution in [0.25, 0.3) is 111 Å². The first kappa shape index (κ1) is 33.1. The molecule has 276 valence electrons. The monoisotopic (exact) mass is 755 g/mol. The zero-order valence-corrected chi connectivity index (χ0v) is 31.7. The third-order valence-corrected chi connectivity index (χ3v) is 11.4. The van der Waals surface area contributed by atoms with Gasteiger partial charge in [-0.25, -0.2) is 14.5 Å². The Hall–Kier alpha value is -8.09. The summed E-state index contributed by atoms with van der Waals surface area (Å²) in [5.74, 6) is 0.679. The molecular formula is C53H33N5O. The number of fused-ring (bicyclic) bond motifs is 8. The molecule has 0 saturated heterocycles. The summed E-state index contributed by atoms with van der Waals surface area (Å²) < 4.78 is 10.9. The molecule has 0 unspecified atom stereocenters. The van der Waals surface area contributed by atoms with Crippen LogP contribution in [-0.2, 0) is 0 Å². The Labute approximate surface area is 338 Å². The lowest BCUT2D eigenvalue weighted by atomic mass is 10.00. The number of hydrogen-bond acceptors (Lipinski definition) is 4. The highest BCUT2D eigenvalue weighted by molar-refractivity contribution is 6.28. The maximum absolute atomic E-state index is 6.68. The van der Waals surface area contributed by atoms with E-state index in [4.69, 9.17) is 19.5 Å². The number of furan rings is 1. The Bertz CT molecular complexity index is 3510. The summed E-state index contributed by atoms with van der Waals surface area (Å²) >= 11 is 0. The quantitative estimate of drug-likeness (QED) is 0.170. The van der Waals surface area contributed by atoms with Crippen LogP contribution in [0.15, 0.2) is 205 Å². The molecule has 5 aromatic heterocycles. The lowest BCUT2D eigenvalue weighted by Crippen LogP contribution is -1.96. The van der Waals surface area contributed by atoms with Gasteiger partial charge < -0.3 is 4.42 Å². The van der Waals surface area contributed by atoms with Gasteiger partial charge in [0, 0.05) is 55.7 Å². The second-order valence-electron chi connectivity index (χ2n) is 14.9. The van der Waals surface area contributed by atoms with Crippen LogP contribution in [0.5, 0.6) is 0 Å². The first-order chi connectivity index (χ1) is 29.2. The largest absolute Gasteiger partial charge is 0.454 e. The van der Waals surface area contributed by atoms with E-state index in [0.29, 0.717) is 5.82 Å². The molecule has 6 nitrogen and oxygen atoms in total. The maximum Gasteiger partial charge on any atom is 0.182 e. The van der Waals surface area contributed by atoms with Crippen LogP contribution in [-0.4, -0.2) is 24.1 Å². The summed E-state index contributed by atoms with van der Waals surface area (Å²) in [6, 6.07) is 67.5. The van der Waals surface area contributed by atoms with Gasteiger partial charge in [-0.2, -0.15) is 0 Å². The van der Waals surface area contributed by atoms with Crippen LogP contribution >= 0.6 is 0 Å². The lowest BCUT2D eigenvalue weighted by Gasteiger charge is -2.09. The standard InChI is InChI=1S/C53H33N5O/c1-4-14-34(15-5-1)40-32-44(37-16-6-2-7-17-37)52-55-51(56-57(52)33-40)39-30-26-36(27-31-39)35-24-28-38(29-25-35)49-50-47(43-21-11-13-23-46(43)59-50)48-42-20-10-12-22-45(42)58(53(48)54-49)41-18-8-3-9-19-41/h1-33H. The molecule has 5 heterocycles. The fraction of sp³-hybridized carbons (Fsp3) is 0. The van der Waals surface area contributed by atoms with Crippen molar-refractivity contribution in [2.45, 2.75) is 0 Å². The molecule has 7 aromatic carbocycles. The van der Waals surface area contributed by atoms with Gasteiger partial charge in [-0.3, -0.25) is 4.57 Å². The van der Waals surface area contributed by atoms with Gasteiger partial charge >= 0.3 is 0 Å². The van der Waals surface area contributed by atoms with Gasteiger partial charge in [-0.15, -0.1) is 5.10 Å². The number of benzene rings is 7. The van der Waals surface area contributed by atoms with Gasteiger partial charge in [0.15, 0.2) is 17.1 Å². The zero-order valence-electron chi connectivity index (χ0n) is 31.7. The van der Waals surface area contributed by atoms with Crippen LogP contribution < -0.4 is 0 Å². The highest BCUT2D eigenvalue weighted by Gasteiger charge is 2.24. The van der Waals surface area contributed by atoms with Crippen molar-refractivity contribution in [3.8, 4) is 61.7 Å². The minimum absolute atomic E-state index is 0.679. The van der Waals surface area contributed by atoms with Crippen molar-refractivity contribution in [2.24, 2.45) is 0 Å². The summed E-state index contributed by atoms with van der Waals surface area (Å²) in [6.45, 7) is 0. The molecule has 0 bridgehead atoms. The predicted molar refractivity (Wildman–Crippen MR) is 240 cm³/mol. The summed E-state index contributed by atoms with van der Waals surface area (Å²) in [5, 5.41) is 9.40. The van der Waals surface area contributed by atoms with Crippen LogP contribution in [0.3, 0.4) is 0 Å². The van der Waals surface area contributed by atoms with E-state index in [1.54, 1.807) is 0 Å². The molecule has 0 aliphatic carbocycles. The van der Waals surface area contributed by atoms with E-state index in [9.17, 15) is 0 Å². The predicted octanol–water partition coefficient (Wildman–Crippen LogP) is 13.5. The smallest absolute Gasteiger partial charge is 0.182 e. The SMILES string of the molecule is c1ccc(-c2cc(-c3ccccc3)c3nc(-c4ccc(-c5ccc(-c6nc7c(c8ccccc8n7-c7ccccc7)c7c6oc6ccccc67)cc5)cc4)nn3c2)cc1. The van der Waals surface area contributed by atoms with E-state index in [-0.39, 0.29) is 0 Å². The second kappa shape index (κ2) is 13.3. The average Bonchev–Trinajstić information content (AvgIpc) is 4.02. The van der Waals surface area contributed by atoms with Crippen molar-refractivity contribution in [3.63, 3.8) is 0 Å². The molecule has 0 saturated carbocycles. The molecule has 12 aromatic rings. The van der Waals surface area contributed by atoms with E-state index in [1.807, 2.05) is 34.8 Å². The molecule has 12 rings (SSSR count). The molecule has 0 aliphatic heterocycles. The number of pyridine rings is 2. The third-order valence-electron chi connectivity index (χ3n) is 11.4. The van der Waals surface area contributed by atoms with Gasteiger partial charge in [0.2, 0.25) is 0 Å². The second-order valence-corrected chi connectivity index (χ2v) is 14.9. The van der Waals surface area contributed by atoms with E-state index in [0.717, 1.165) is 105 Å². The number of nitrogens with zero attached hydrogens (tertiary/aromatic N) is 5. The molecule has 0 aliphatic rings. The van der Waals surface area contributed by atoms with Crippen LogP contribution in [0, 0.1) is 0 Å². The molecule has 0 N–H and O–H groups in total. The molecule has 6 heteroatoms. The number of rotatable bonds is 6. The summed E-state index contributed by atoms with van der Waals surface area (Å²) in [5.41, 5.74) is 14.8. The number of aromatic nitrogens is 5. The maximum atomic E-state index is 6.68. The average molecular weight is 756 g/mol. The summed E-state index contributed by atoms with van der Waals surface area (Å²) in [7, 11) is 0. The third kappa shape index (κ3) is 5.38. The minimum Gasteiger partial charge on any atom is -0.454 e.